The van der Waals surface area contributed by atoms with Gasteiger partial charge in [-0.15, -0.1) is 23.1 Å². The molecule has 0 atom stereocenters. The lowest BCUT2D eigenvalue weighted by Crippen LogP contribution is -1.86. The fraction of sp³-hybridized carbons (Fsp3) is 0.200. The number of benzene rings is 1. The van der Waals surface area contributed by atoms with Crippen molar-refractivity contribution in [3.63, 3.8) is 0 Å². The number of thiophene rings is 1. The lowest BCUT2D eigenvalue weighted by molar-refractivity contribution is 0.281. The van der Waals surface area contributed by atoms with Crippen LogP contribution in [-0.4, -0.2) is 11.4 Å². The van der Waals surface area contributed by atoms with Crippen LogP contribution in [0.4, 0.5) is 0 Å². The smallest absolute Gasteiger partial charge is 0.0941 e. The first-order valence-corrected chi connectivity index (χ1v) is 6.54. The van der Waals surface area contributed by atoms with Crippen molar-refractivity contribution in [3.05, 3.63) is 28.1 Å². The first kappa shape index (κ1) is 10.3. The van der Waals surface area contributed by atoms with Gasteiger partial charge in [-0.2, -0.15) is 0 Å². The molecule has 0 aliphatic rings. The Morgan fingerprint density at radius 2 is 2.29 bits per heavy atom. The largest absolute Gasteiger partial charge is 0.392 e. The Hall–Kier alpha value is -0.220. The normalized spacial score (nSPS) is 11.1. The molecule has 1 aromatic heterocycles. The molecule has 0 aliphatic heterocycles. The second kappa shape index (κ2) is 4.11. The highest BCUT2D eigenvalue weighted by molar-refractivity contribution is 7.98. The van der Waals surface area contributed by atoms with Crippen molar-refractivity contribution in [2.45, 2.75) is 11.5 Å². The van der Waals surface area contributed by atoms with E-state index in [0.29, 0.717) is 0 Å². The van der Waals surface area contributed by atoms with Gasteiger partial charge in [-0.25, -0.2) is 0 Å². The van der Waals surface area contributed by atoms with Gasteiger partial charge in [0, 0.05) is 15.2 Å². The molecule has 0 saturated carbocycles. The summed E-state index contributed by atoms with van der Waals surface area (Å²) >= 11 is 9.11. The lowest BCUT2D eigenvalue weighted by Gasteiger charge is -2.04. The summed E-state index contributed by atoms with van der Waals surface area (Å²) in [5.74, 6) is 0. The maximum atomic E-state index is 9.31. The van der Waals surface area contributed by atoms with Gasteiger partial charge in [0.15, 0.2) is 0 Å². The lowest BCUT2D eigenvalue weighted by atomic mass is 10.2. The molecular weight excluding hydrogens is 236 g/mol. The zero-order chi connectivity index (χ0) is 10.1. The van der Waals surface area contributed by atoms with Crippen LogP contribution in [0.3, 0.4) is 0 Å². The molecule has 1 aromatic carbocycles. The van der Waals surface area contributed by atoms with E-state index in [-0.39, 0.29) is 6.61 Å². The number of aliphatic hydroxyl groups excluding tert-OH is 1. The summed E-state index contributed by atoms with van der Waals surface area (Å²) in [6.45, 7) is 0.0738. The molecule has 1 heterocycles. The zero-order valence-corrected chi connectivity index (χ0v) is 9.97. The second-order valence-electron chi connectivity index (χ2n) is 2.87. The van der Waals surface area contributed by atoms with E-state index in [1.165, 1.54) is 11.3 Å². The highest BCUT2D eigenvalue weighted by atomic mass is 35.5. The first-order chi connectivity index (χ1) is 6.76. The summed E-state index contributed by atoms with van der Waals surface area (Å²) in [6.07, 6.45) is 2.01. The minimum atomic E-state index is 0.0738. The average Bonchev–Trinajstić information content (AvgIpc) is 2.56. The Bertz CT molecular complexity index is 464. The quantitative estimate of drug-likeness (QED) is 0.812. The molecule has 0 amide bonds. The molecule has 2 rings (SSSR count). The summed E-state index contributed by atoms with van der Waals surface area (Å²) in [6, 6.07) is 6.01. The van der Waals surface area contributed by atoms with Crippen LogP contribution in [0.2, 0.25) is 4.34 Å². The van der Waals surface area contributed by atoms with Crippen LogP contribution in [0.25, 0.3) is 10.1 Å². The minimum Gasteiger partial charge on any atom is -0.392 e. The number of thioether (sulfide) groups is 1. The summed E-state index contributed by atoms with van der Waals surface area (Å²) < 4.78 is 1.87. The fourth-order valence-corrected chi connectivity index (χ4v) is 3.41. The molecule has 1 N–H and O–H groups in total. The molecule has 2 aromatic rings. The molecule has 0 radical (unpaired) electrons. The Balaban J connectivity index is 2.75. The van der Waals surface area contributed by atoms with E-state index in [4.69, 9.17) is 11.6 Å². The standard InChI is InChI=1S/C10H9ClOS2/c1-13-8-3-2-6-4-9(11)14-10(6)7(8)5-12/h2-4,12H,5H2,1H3. The van der Waals surface area contributed by atoms with E-state index in [0.717, 1.165) is 24.9 Å². The predicted molar refractivity (Wildman–Crippen MR) is 64.5 cm³/mol. The molecule has 0 fully saturated rings. The van der Waals surface area contributed by atoms with E-state index in [9.17, 15) is 5.11 Å². The van der Waals surface area contributed by atoms with Crippen LogP contribution >= 0.6 is 34.7 Å². The summed E-state index contributed by atoms with van der Waals surface area (Å²) in [5, 5.41) is 10.4. The Kier molecular flexibility index (Phi) is 3.02. The molecule has 74 valence electrons. The molecule has 0 bridgehead atoms. The monoisotopic (exact) mass is 244 g/mol. The maximum absolute atomic E-state index is 9.31. The van der Waals surface area contributed by atoms with Crippen LogP contribution in [0.15, 0.2) is 23.1 Å². The van der Waals surface area contributed by atoms with Crippen molar-refractivity contribution in [1.82, 2.24) is 0 Å². The van der Waals surface area contributed by atoms with Crippen LogP contribution in [0.5, 0.6) is 0 Å². The van der Waals surface area contributed by atoms with Crippen molar-refractivity contribution in [2.75, 3.05) is 6.26 Å². The van der Waals surface area contributed by atoms with Crippen LogP contribution in [0.1, 0.15) is 5.56 Å². The molecule has 4 heteroatoms. The van der Waals surface area contributed by atoms with Crippen molar-refractivity contribution in [1.29, 1.82) is 0 Å². The Morgan fingerprint density at radius 3 is 2.93 bits per heavy atom. The van der Waals surface area contributed by atoms with Crippen molar-refractivity contribution in [2.24, 2.45) is 0 Å². The third-order valence-electron chi connectivity index (χ3n) is 2.09. The fourth-order valence-electron chi connectivity index (χ4n) is 1.45. The Morgan fingerprint density at radius 1 is 1.50 bits per heavy atom. The number of hydrogen-bond acceptors (Lipinski definition) is 3. The molecule has 1 nitrogen and oxygen atoms in total. The van der Waals surface area contributed by atoms with E-state index in [1.807, 2.05) is 24.5 Å². The zero-order valence-electron chi connectivity index (χ0n) is 7.58. The van der Waals surface area contributed by atoms with Gasteiger partial charge in [0.25, 0.3) is 0 Å². The van der Waals surface area contributed by atoms with Gasteiger partial charge in [-0.3, -0.25) is 0 Å². The summed E-state index contributed by atoms with van der Waals surface area (Å²) in [4.78, 5) is 1.12. The molecular formula is C10H9ClOS2. The first-order valence-electron chi connectivity index (χ1n) is 4.12. The van der Waals surface area contributed by atoms with Crippen LogP contribution < -0.4 is 0 Å². The van der Waals surface area contributed by atoms with Gasteiger partial charge < -0.3 is 5.11 Å². The molecule has 0 saturated heterocycles. The number of halogens is 1. The van der Waals surface area contributed by atoms with E-state index < -0.39 is 0 Å². The third-order valence-corrected chi connectivity index (χ3v) is 4.26. The summed E-state index contributed by atoms with van der Waals surface area (Å²) in [5.41, 5.74) is 0.993. The Labute approximate surface area is 95.7 Å². The summed E-state index contributed by atoms with van der Waals surface area (Å²) in [7, 11) is 0. The second-order valence-corrected chi connectivity index (χ2v) is 5.40. The number of hydrogen-bond donors (Lipinski definition) is 1. The highest BCUT2D eigenvalue weighted by Gasteiger charge is 2.08. The molecule has 0 unspecified atom stereocenters. The predicted octanol–water partition coefficient (Wildman–Crippen LogP) is 3.77. The number of fused-ring (bicyclic) bond motifs is 1. The van der Waals surface area contributed by atoms with Crippen molar-refractivity contribution < 1.29 is 5.11 Å². The van der Waals surface area contributed by atoms with Crippen LogP contribution in [0, 0.1) is 0 Å². The van der Waals surface area contributed by atoms with Gasteiger partial charge in [0.05, 0.1) is 10.9 Å². The highest BCUT2D eigenvalue weighted by Crippen LogP contribution is 2.36. The minimum absolute atomic E-state index is 0.0738. The van der Waals surface area contributed by atoms with Crippen LogP contribution in [-0.2, 0) is 6.61 Å². The van der Waals surface area contributed by atoms with Crippen molar-refractivity contribution >= 4 is 44.8 Å². The maximum Gasteiger partial charge on any atom is 0.0941 e. The van der Waals surface area contributed by atoms with Gasteiger partial charge in [0.2, 0.25) is 0 Å². The third kappa shape index (κ3) is 1.65. The molecule has 0 aliphatic carbocycles. The average molecular weight is 245 g/mol. The molecule has 14 heavy (non-hydrogen) atoms. The molecule has 0 spiro atoms. The van der Waals surface area contributed by atoms with Gasteiger partial charge in [-0.05, 0) is 23.8 Å². The van der Waals surface area contributed by atoms with Gasteiger partial charge in [-0.1, -0.05) is 17.7 Å². The SMILES string of the molecule is CSc1ccc2cc(Cl)sc2c1CO. The number of aliphatic hydroxyl groups is 1. The number of rotatable bonds is 2. The van der Waals surface area contributed by atoms with E-state index in [1.54, 1.807) is 11.8 Å². The van der Waals surface area contributed by atoms with Crippen molar-refractivity contribution in [3.8, 4) is 0 Å². The van der Waals surface area contributed by atoms with E-state index in [2.05, 4.69) is 0 Å². The van der Waals surface area contributed by atoms with Gasteiger partial charge >= 0.3 is 0 Å². The van der Waals surface area contributed by atoms with Gasteiger partial charge in [0.1, 0.15) is 0 Å². The van der Waals surface area contributed by atoms with E-state index >= 15 is 0 Å². The topological polar surface area (TPSA) is 20.2 Å².